The summed E-state index contributed by atoms with van der Waals surface area (Å²) in [5.74, 6) is 0.634. The number of pyridine rings is 1. The number of rotatable bonds is 4. The third-order valence-corrected chi connectivity index (χ3v) is 8.06. The molecule has 0 saturated heterocycles. The smallest absolute Gasteiger partial charge is 0.227 e. The van der Waals surface area contributed by atoms with Crippen LogP contribution in [0, 0.1) is 0 Å². The summed E-state index contributed by atoms with van der Waals surface area (Å²) in [5.41, 5.74) is 11.7. The van der Waals surface area contributed by atoms with Gasteiger partial charge in [-0.3, -0.25) is 4.98 Å². The second-order valence-corrected chi connectivity index (χ2v) is 10.2. The molecule has 0 amide bonds. The first kappa shape index (κ1) is 22.7. The van der Waals surface area contributed by atoms with Gasteiger partial charge >= 0.3 is 0 Å². The quantitative estimate of drug-likeness (QED) is 0.236. The molecule has 1 aliphatic carbocycles. The van der Waals surface area contributed by atoms with Crippen LogP contribution in [-0.4, -0.2) is 9.97 Å². The molecule has 0 saturated carbocycles. The van der Waals surface area contributed by atoms with E-state index in [2.05, 4.69) is 114 Å². The highest BCUT2D eigenvalue weighted by molar-refractivity contribution is 5.95. The van der Waals surface area contributed by atoms with Gasteiger partial charge in [0, 0.05) is 11.8 Å². The lowest BCUT2D eigenvalue weighted by atomic mass is 9.69. The highest BCUT2D eigenvalue weighted by Crippen LogP contribution is 2.57. The summed E-state index contributed by atoms with van der Waals surface area (Å²) in [6.07, 6.45) is 1.90. The number of oxazole rings is 1. The van der Waals surface area contributed by atoms with Gasteiger partial charge in [-0.05, 0) is 75.3 Å². The Bertz CT molecular complexity index is 1920. The van der Waals surface area contributed by atoms with Crippen molar-refractivity contribution in [1.29, 1.82) is 0 Å². The van der Waals surface area contributed by atoms with Crippen molar-refractivity contribution in [2.24, 2.45) is 0 Å². The van der Waals surface area contributed by atoms with E-state index >= 15 is 0 Å². The first-order valence-corrected chi connectivity index (χ1v) is 13.5. The number of hydrogen-bond acceptors (Lipinski definition) is 3. The Morgan fingerprint density at radius 2 is 1.23 bits per heavy atom. The van der Waals surface area contributed by atoms with Gasteiger partial charge in [0.2, 0.25) is 5.89 Å². The van der Waals surface area contributed by atoms with Gasteiger partial charge in [0.15, 0.2) is 5.58 Å². The molecule has 0 radical (unpaired) electrons. The van der Waals surface area contributed by atoms with Gasteiger partial charge in [-0.2, -0.15) is 0 Å². The minimum Gasteiger partial charge on any atom is -0.436 e. The largest absolute Gasteiger partial charge is 0.436 e. The maximum atomic E-state index is 6.03. The Morgan fingerprint density at radius 1 is 0.525 bits per heavy atom. The summed E-state index contributed by atoms with van der Waals surface area (Å²) in [4.78, 5) is 9.64. The highest BCUT2D eigenvalue weighted by atomic mass is 16.3. The van der Waals surface area contributed by atoms with Crippen LogP contribution in [0.1, 0.15) is 22.4 Å². The van der Waals surface area contributed by atoms with E-state index in [0.29, 0.717) is 5.89 Å². The molecule has 1 aliphatic rings. The van der Waals surface area contributed by atoms with Gasteiger partial charge in [-0.1, -0.05) is 103 Å². The van der Waals surface area contributed by atoms with E-state index in [0.717, 1.165) is 27.9 Å². The van der Waals surface area contributed by atoms with E-state index in [9.17, 15) is 0 Å². The predicted octanol–water partition coefficient (Wildman–Crippen LogP) is 8.92. The fraction of sp³-hybridized carbons (Fsp3) is 0.0270. The van der Waals surface area contributed by atoms with Crippen LogP contribution >= 0.6 is 0 Å². The summed E-state index contributed by atoms with van der Waals surface area (Å²) in [5, 5.41) is 0. The van der Waals surface area contributed by atoms with Crippen LogP contribution in [-0.2, 0) is 5.41 Å². The Labute approximate surface area is 232 Å². The van der Waals surface area contributed by atoms with E-state index in [4.69, 9.17) is 9.40 Å². The normalized spacial score (nSPS) is 15.6. The number of benzene rings is 5. The SMILES string of the molecule is c1ccc(C2(c3ccccn3)c3ccccc3-c3c(-c4ccc(-c5nc6ccccc6o5)cc4)cccc32)cc1. The Hall–Kier alpha value is -5.28. The van der Waals surface area contributed by atoms with Crippen LogP contribution in [0.4, 0.5) is 0 Å². The molecule has 2 heterocycles. The summed E-state index contributed by atoms with van der Waals surface area (Å²) < 4.78 is 6.03. The van der Waals surface area contributed by atoms with E-state index in [1.165, 1.54) is 33.4 Å². The van der Waals surface area contributed by atoms with Crippen LogP contribution in [0.5, 0.6) is 0 Å². The molecule has 0 N–H and O–H groups in total. The molecular weight excluding hydrogens is 488 g/mol. The van der Waals surface area contributed by atoms with Gasteiger partial charge in [0.25, 0.3) is 0 Å². The Kier molecular flexibility index (Phi) is 5.04. The van der Waals surface area contributed by atoms with Crippen molar-refractivity contribution in [3.05, 3.63) is 168 Å². The minimum atomic E-state index is -0.511. The van der Waals surface area contributed by atoms with Crippen molar-refractivity contribution in [2.45, 2.75) is 5.41 Å². The van der Waals surface area contributed by atoms with Crippen LogP contribution in [0.2, 0.25) is 0 Å². The van der Waals surface area contributed by atoms with Crippen LogP contribution < -0.4 is 0 Å². The zero-order valence-corrected chi connectivity index (χ0v) is 21.7. The summed E-state index contributed by atoms with van der Waals surface area (Å²) in [7, 11) is 0. The lowest BCUT2D eigenvalue weighted by Gasteiger charge is -2.32. The van der Waals surface area contributed by atoms with Crippen LogP contribution in [0.25, 0.3) is 44.8 Å². The Morgan fingerprint density at radius 3 is 2.05 bits per heavy atom. The molecule has 1 unspecified atom stereocenters. The molecule has 0 bridgehead atoms. The van der Waals surface area contributed by atoms with Crippen molar-refractivity contribution in [2.75, 3.05) is 0 Å². The summed E-state index contributed by atoms with van der Waals surface area (Å²) in [6.45, 7) is 0. The van der Waals surface area contributed by atoms with Crippen molar-refractivity contribution in [3.63, 3.8) is 0 Å². The molecule has 0 aliphatic heterocycles. The molecule has 3 nitrogen and oxygen atoms in total. The van der Waals surface area contributed by atoms with E-state index in [1.54, 1.807) is 0 Å². The lowest BCUT2D eigenvalue weighted by Crippen LogP contribution is -2.29. The fourth-order valence-corrected chi connectivity index (χ4v) is 6.36. The molecule has 8 rings (SSSR count). The van der Waals surface area contributed by atoms with E-state index in [1.807, 2.05) is 36.5 Å². The molecular formula is C37H24N2O. The topological polar surface area (TPSA) is 38.9 Å². The fourth-order valence-electron chi connectivity index (χ4n) is 6.36. The summed E-state index contributed by atoms with van der Waals surface area (Å²) in [6, 6.07) is 48.9. The van der Waals surface area contributed by atoms with Crippen molar-refractivity contribution >= 4 is 11.1 Å². The first-order valence-electron chi connectivity index (χ1n) is 13.5. The van der Waals surface area contributed by atoms with Gasteiger partial charge in [0.05, 0.1) is 11.1 Å². The van der Waals surface area contributed by atoms with Crippen molar-refractivity contribution in [1.82, 2.24) is 9.97 Å². The molecule has 2 aromatic heterocycles. The first-order chi connectivity index (χ1) is 19.8. The van der Waals surface area contributed by atoms with E-state index in [-0.39, 0.29) is 0 Å². The van der Waals surface area contributed by atoms with Crippen LogP contribution in [0.3, 0.4) is 0 Å². The number of aromatic nitrogens is 2. The van der Waals surface area contributed by atoms with Gasteiger partial charge in [-0.15, -0.1) is 0 Å². The molecule has 188 valence electrons. The van der Waals surface area contributed by atoms with Crippen molar-refractivity contribution in [3.8, 4) is 33.7 Å². The molecule has 5 aromatic carbocycles. The Balaban J connectivity index is 1.34. The molecule has 1 atom stereocenters. The number of para-hydroxylation sites is 2. The van der Waals surface area contributed by atoms with Crippen molar-refractivity contribution < 1.29 is 4.42 Å². The second kappa shape index (κ2) is 8.89. The predicted molar refractivity (Wildman–Crippen MR) is 160 cm³/mol. The van der Waals surface area contributed by atoms with E-state index < -0.39 is 5.41 Å². The maximum Gasteiger partial charge on any atom is 0.227 e. The van der Waals surface area contributed by atoms with Gasteiger partial charge in [-0.25, -0.2) is 4.98 Å². The molecule has 0 fully saturated rings. The third kappa shape index (κ3) is 3.25. The highest BCUT2D eigenvalue weighted by Gasteiger charge is 2.47. The second-order valence-electron chi connectivity index (χ2n) is 10.2. The molecule has 7 aromatic rings. The molecule has 0 spiro atoms. The zero-order chi connectivity index (χ0) is 26.5. The van der Waals surface area contributed by atoms with Gasteiger partial charge < -0.3 is 4.42 Å². The van der Waals surface area contributed by atoms with Crippen LogP contribution in [0.15, 0.2) is 150 Å². The standard InChI is InChI=1S/C37H24N2O/c1-2-11-27(12-3-1)37(34-19-8-9-24-38-34)30-15-5-4-13-29(30)35-28(14-10-16-31(35)37)25-20-22-26(23-21-25)36-39-32-17-6-7-18-33(32)40-36/h1-24H. The summed E-state index contributed by atoms with van der Waals surface area (Å²) >= 11 is 0. The monoisotopic (exact) mass is 512 g/mol. The lowest BCUT2D eigenvalue weighted by molar-refractivity contribution is 0.620. The maximum absolute atomic E-state index is 6.03. The van der Waals surface area contributed by atoms with Gasteiger partial charge in [0.1, 0.15) is 5.52 Å². The average molecular weight is 513 g/mol. The minimum absolute atomic E-state index is 0.511. The number of nitrogens with zero attached hydrogens (tertiary/aromatic N) is 2. The average Bonchev–Trinajstić information content (AvgIpc) is 3.60. The zero-order valence-electron chi connectivity index (χ0n) is 21.7. The molecule has 40 heavy (non-hydrogen) atoms. The number of fused-ring (bicyclic) bond motifs is 4. The third-order valence-electron chi connectivity index (χ3n) is 8.06. The molecule has 3 heteroatoms. The number of hydrogen-bond donors (Lipinski definition) is 0.